The second-order valence-electron chi connectivity index (χ2n) is 5.02. The zero-order valence-electron chi connectivity index (χ0n) is 12.1. The van der Waals surface area contributed by atoms with Crippen LogP contribution < -0.4 is 0 Å². The van der Waals surface area contributed by atoms with Gasteiger partial charge in [-0.2, -0.15) is 20.5 Å². The van der Waals surface area contributed by atoms with Crippen LogP contribution in [0.4, 0.5) is 8.78 Å². The molecule has 0 unspecified atom stereocenters. The molecule has 2 aromatic carbocycles. The summed E-state index contributed by atoms with van der Waals surface area (Å²) in [7, 11) is -5.58. The maximum atomic E-state index is 13.8. The SMILES string of the molecule is O=P(O)(O)C(F)(F)c1ccc(CSCc2ccc(Cl)cc2)cc1Br.[NaH].[NaH]. The van der Waals surface area contributed by atoms with E-state index in [-0.39, 0.29) is 63.6 Å². The summed E-state index contributed by atoms with van der Waals surface area (Å²) in [5, 5.41) is 0.661. The van der Waals surface area contributed by atoms with Crippen molar-refractivity contribution in [2.45, 2.75) is 17.2 Å². The van der Waals surface area contributed by atoms with Gasteiger partial charge in [0, 0.05) is 26.6 Å². The topological polar surface area (TPSA) is 57.5 Å². The number of hydrogen-bond acceptors (Lipinski definition) is 2. The van der Waals surface area contributed by atoms with E-state index in [9.17, 15) is 13.3 Å². The standard InChI is InChI=1S/C15H13BrClF2O3PS.2Na.2H/c16-14-7-11(3-6-13(14)15(18,19)23(20,21)22)9-24-8-10-1-4-12(17)5-2-10;;;;/h1-7H,8-9H2,(H2,20,21,22);;;;. The summed E-state index contributed by atoms with van der Waals surface area (Å²) < 4.78 is 38.4. The third-order valence-corrected chi connectivity index (χ3v) is 6.13. The third kappa shape index (κ3) is 7.43. The van der Waals surface area contributed by atoms with Gasteiger partial charge in [-0.05, 0) is 29.3 Å². The molecule has 134 valence electrons. The summed E-state index contributed by atoms with van der Waals surface area (Å²) in [5.41, 5.74) is -3.08. The van der Waals surface area contributed by atoms with Gasteiger partial charge in [0.25, 0.3) is 0 Å². The van der Waals surface area contributed by atoms with Crippen LogP contribution in [0.1, 0.15) is 16.7 Å². The van der Waals surface area contributed by atoms with E-state index in [0.29, 0.717) is 10.8 Å². The van der Waals surface area contributed by atoms with Crippen LogP contribution in [0.3, 0.4) is 0 Å². The van der Waals surface area contributed by atoms with Crippen LogP contribution in [-0.4, -0.2) is 68.9 Å². The van der Waals surface area contributed by atoms with Crippen molar-refractivity contribution in [3.8, 4) is 0 Å². The molecule has 0 spiro atoms. The molecule has 0 saturated heterocycles. The zero-order chi connectivity index (χ0) is 18.0. The Morgan fingerprint density at radius 2 is 1.54 bits per heavy atom. The number of thioether (sulfide) groups is 1. The summed E-state index contributed by atoms with van der Waals surface area (Å²) in [6.07, 6.45) is 0. The van der Waals surface area contributed by atoms with Gasteiger partial charge in [0.1, 0.15) is 0 Å². The van der Waals surface area contributed by atoms with E-state index in [1.807, 2.05) is 12.1 Å². The van der Waals surface area contributed by atoms with Gasteiger partial charge in [-0.25, -0.2) is 0 Å². The van der Waals surface area contributed by atoms with E-state index >= 15 is 0 Å². The molecular formula is C15H15BrClF2Na2O3PS. The molecule has 0 aliphatic carbocycles. The van der Waals surface area contributed by atoms with Crippen molar-refractivity contribution in [1.82, 2.24) is 0 Å². The molecule has 0 aliphatic heterocycles. The van der Waals surface area contributed by atoms with Crippen molar-refractivity contribution < 1.29 is 23.1 Å². The molecule has 0 bridgehead atoms. The van der Waals surface area contributed by atoms with Crippen LogP contribution in [0, 0.1) is 0 Å². The van der Waals surface area contributed by atoms with Crippen molar-refractivity contribution in [3.63, 3.8) is 0 Å². The van der Waals surface area contributed by atoms with Crippen LogP contribution in [0.5, 0.6) is 0 Å². The van der Waals surface area contributed by atoms with Gasteiger partial charge in [-0.3, -0.25) is 4.57 Å². The van der Waals surface area contributed by atoms with Gasteiger partial charge in [0.15, 0.2) is 0 Å². The van der Waals surface area contributed by atoms with Crippen LogP contribution in [0.2, 0.25) is 5.02 Å². The number of halogens is 4. The first kappa shape index (κ1) is 27.6. The minimum absolute atomic E-state index is 0. The fourth-order valence-corrected chi connectivity index (χ4v) is 4.33. The molecule has 0 fully saturated rings. The Kier molecular flexibility index (Phi) is 12.4. The quantitative estimate of drug-likeness (QED) is 0.450. The Morgan fingerprint density at radius 3 is 2.04 bits per heavy atom. The van der Waals surface area contributed by atoms with E-state index in [0.717, 1.165) is 22.9 Å². The summed E-state index contributed by atoms with van der Waals surface area (Å²) in [6, 6.07) is 11.4. The van der Waals surface area contributed by atoms with Gasteiger partial charge in [0.05, 0.1) is 0 Å². The van der Waals surface area contributed by atoms with Crippen LogP contribution >= 0.6 is 46.9 Å². The molecule has 2 N–H and O–H groups in total. The molecule has 0 aromatic heterocycles. The third-order valence-electron chi connectivity index (χ3n) is 3.17. The normalized spacial score (nSPS) is 11.5. The predicted molar refractivity (Wildman–Crippen MR) is 111 cm³/mol. The van der Waals surface area contributed by atoms with Gasteiger partial charge in [0.2, 0.25) is 0 Å². The number of hydrogen-bond donors (Lipinski definition) is 2. The molecular weight excluding hydrogens is 491 g/mol. The van der Waals surface area contributed by atoms with E-state index in [1.165, 1.54) is 12.1 Å². The fourth-order valence-electron chi connectivity index (χ4n) is 1.92. The summed E-state index contributed by atoms with van der Waals surface area (Å²) in [5.74, 6) is 1.30. The molecule has 0 radical (unpaired) electrons. The Balaban J connectivity index is 0.00000312. The van der Waals surface area contributed by atoms with Crippen molar-refractivity contribution in [2.24, 2.45) is 0 Å². The minimum atomic E-state index is -5.58. The fraction of sp³-hybridized carbons (Fsp3) is 0.200. The Bertz CT molecular complexity index is 778. The first-order valence-corrected chi connectivity index (χ1v) is 10.6. The van der Waals surface area contributed by atoms with Crippen molar-refractivity contribution >= 4 is 106 Å². The monoisotopic (exact) mass is 504 g/mol. The molecule has 11 heteroatoms. The summed E-state index contributed by atoms with van der Waals surface area (Å²) >= 11 is 10.4. The number of rotatable bonds is 6. The van der Waals surface area contributed by atoms with Crippen molar-refractivity contribution in [1.29, 1.82) is 0 Å². The molecule has 26 heavy (non-hydrogen) atoms. The van der Waals surface area contributed by atoms with Gasteiger partial charge >= 0.3 is 72.4 Å². The number of benzene rings is 2. The summed E-state index contributed by atoms with van der Waals surface area (Å²) in [4.78, 5) is 17.6. The van der Waals surface area contributed by atoms with E-state index in [4.69, 9.17) is 21.4 Å². The van der Waals surface area contributed by atoms with Crippen LogP contribution in [-0.2, 0) is 21.7 Å². The summed E-state index contributed by atoms with van der Waals surface area (Å²) in [6.45, 7) is 0. The first-order chi connectivity index (χ1) is 11.1. The molecule has 2 aromatic rings. The van der Waals surface area contributed by atoms with Gasteiger partial charge in [-0.15, -0.1) is 0 Å². The first-order valence-electron chi connectivity index (χ1n) is 6.66. The molecule has 2 rings (SSSR count). The molecule has 0 atom stereocenters. The second kappa shape index (κ2) is 11.7. The van der Waals surface area contributed by atoms with E-state index in [2.05, 4.69) is 15.9 Å². The average molecular weight is 506 g/mol. The van der Waals surface area contributed by atoms with Crippen molar-refractivity contribution in [3.05, 3.63) is 68.7 Å². The second-order valence-corrected chi connectivity index (χ2v) is 8.94. The Labute approximate surface area is 212 Å². The van der Waals surface area contributed by atoms with Crippen molar-refractivity contribution in [2.75, 3.05) is 0 Å². The molecule has 0 heterocycles. The number of alkyl halides is 2. The van der Waals surface area contributed by atoms with Gasteiger partial charge in [-0.1, -0.05) is 51.8 Å². The molecule has 3 nitrogen and oxygen atoms in total. The maximum absolute atomic E-state index is 13.8. The van der Waals surface area contributed by atoms with Gasteiger partial charge < -0.3 is 9.79 Å². The molecule has 0 amide bonds. The average Bonchev–Trinajstić information content (AvgIpc) is 2.48. The molecule has 0 saturated carbocycles. The molecule has 0 aliphatic rings. The van der Waals surface area contributed by atoms with Crippen LogP contribution in [0.25, 0.3) is 0 Å². The van der Waals surface area contributed by atoms with E-state index in [1.54, 1.807) is 23.9 Å². The zero-order valence-corrected chi connectivity index (χ0v) is 16.2. The Morgan fingerprint density at radius 1 is 1.04 bits per heavy atom. The van der Waals surface area contributed by atoms with E-state index < -0.39 is 18.8 Å². The predicted octanol–water partition coefficient (Wildman–Crippen LogP) is 4.47. The van der Waals surface area contributed by atoms with Crippen LogP contribution in [0.15, 0.2) is 46.9 Å². The Hall–Kier alpha value is 1.57.